The number of carbonyl (C=O) groups is 3. The van der Waals surface area contributed by atoms with Crippen LogP contribution in [0, 0.1) is 23.2 Å². The molecule has 0 aromatic heterocycles. The second-order valence-electron chi connectivity index (χ2n) is 9.28. The number of hydrogen-bond acceptors (Lipinski definition) is 4. The van der Waals surface area contributed by atoms with Crippen molar-refractivity contribution in [3.05, 3.63) is 0 Å². The first-order valence-electron chi connectivity index (χ1n) is 10.3. The summed E-state index contributed by atoms with van der Waals surface area (Å²) in [6.45, 7) is 1.95. The first-order chi connectivity index (χ1) is 12.9. The van der Waals surface area contributed by atoms with Crippen LogP contribution in [-0.4, -0.2) is 53.4 Å². The maximum absolute atomic E-state index is 12.6. The molecule has 1 saturated heterocycles. The van der Waals surface area contributed by atoms with Crippen LogP contribution in [0.25, 0.3) is 0 Å². The van der Waals surface area contributed by atoms with Gasteiger partial charge in [-0.2, -0.15) is 11.8 Å². The van der Waals surface area contributed by atoms with Crippen molar-refractivity contribution in [1.29, 1.82) is 0 Å². The molecule has 2 atom stereocenters. The van der Waals surface area contributed by atoms with E-state index in [1.54, 1.807) is 11.8 Å². The summed E-state index contributed by atoms with van der Waals surface area (Å²) >= 11 is 1.64. The van der Waals surface area contributed by atoms with Crippen LogP contribution in [0.3, 0.4) is 0 Å². The summed E-state index contributed by atoms with van der Waals surface area (Å²) in [5, 5.41) is 5.85. The fourth-order valence-electron chi connectivity index (χ4n) is 6.45. The number of hydrogen-bond donors (Lipinski definition) is 2. The highest BCUT2D eigenvalue weighted by Gasteiger charge is 2.53. The summed E-state index contributed by atoms with van der Waals surface area (Å²) in [6, 6.07) is -0.825. The molecule has 5 fully saturated rings. The molecule has 2 N–H and O–H groups in total. The molecule has 0 aromatic rings. The molecule has 4 aliphatic carbocycles. The van der Waals surface area contributed by atoms with Crippen molar-refractivity contribution in [2.75, 3.05) is 18.6 Å². The predicted octanol–water partition coefficient (Wildman–Crippen LogP) is 2.38. The Hall–Kier alpha value is -1.24. The lowest BCUT2D eigenvalue weighted by molar-refractivity contribution is -0.134. The van der Waals surface area contributed by atoms with E-state index >= 15 is 0 Å². The Morgan fingerprint density at radius 3 is 2.37 bits per heavy atom. The highest BCUT2D eigenvalue weighted by Crippen LogP contribution is 2.61. The van der Waals surface area contributed by atoms with Gasteiger partial charge in [0, 0.05) is 6.04 Å². The minimum absolute atomic E-state index is 0.103. The number of carbonyl (C=O) groups excluding carboxylic acids is 3. The van der Waals surface area contributed by atoms with Crippen molar-refractivity contribution in [2.24, 2.45) is 23.2 Å². The number of rotatable bonds is 7. The molecule has 0 unspecified atom stereocenters. The molecule has 4 amide bonds. The van der Waals surface area contributed by atoms with Gasteiger partial charge in [-0.05, 0) is 87.0 Å². The van der Waals surface area contributed by atoms with E-state index in [2.05, 4.69) is 17.6 Å². The standard InChI is InChI=1S/C20H31N3O3S/c1-12(20-8-13-5-14(9-20)7-15(6-13)10-20)21-17(24)11-23-18(25)16(3-4-27-2)22-19(23)26/h12-16H,3-11H2,1-2H3,(H,21,24)(H,22,26)/t12-,13?,14?,15?,16-,20?/m1/s1. The highest BCUT2D eigenvalue weighted by atomic mass is 32.2. The number of urea groups is 1. The number of nitrogens with one attached hydrogen (secondary N) is 2. The predicted molar refractivity (Wildman–Crippen MR) is 105 cm³/mol. The van der Waals surface area contributed by atoms with Gasteiger partial charge in [-0.15, -0.1) is 0 Å². The van der Waals surface area contributed by atoms with E-state index in [1.165, 1.54) is 38.5 Å². The third-order valence-electron chi connectivity index (χ3n) is 7.40. The van der Waals surface area contributed by atoms with Crippen LogP contribution in [0.5, 0.6) is 0 Å². The molecule has 1 heterocycles. The maximum atomic E-state index is 12.6. The van der Waals surface area contributed by atoms with Gasteiger partial charge in [0.25, 0.3) is 5.91 Å². The number of amides is 4. The number of thioether (sulfide) groups is 1. The van der Waals surface area contributed by atoms with Crippen molar-refractivity contribution in [1.82, 2.24) is 15.5 Å². The quantitative estimate of drug-likeness (QED) is 0.651. The van der Waals surface area contributed by atoms with Gasteiger partial charge in [0.05, 0.1) is 0 Å². The Labute approximate surface area is 165 Å². The van der Waals surface area contributed by atoms with E-state index in [9.17, 15) is 14.4 Å². The van der Waals surface area contributed by atoms with Gasteiger partial charge in [0.1, 0.15) is 12.6 Å². The van der Waals surface area contributed by atoms with Crippen LogP contribution >= 0.6 is 11.8 Å². The average Bonchev–Trinajstić information content (AvgIpc) is 2.86. The molecule has 1 aliphatic heterocycles. The van der Waals surface area contributed by atoms with Crippen LogP contribution < -0.4 is 10.6 Å². The van der Waals surface area contributed by atoms with E-state index < -0.39 is 12.1 Å². The molecule has 0 radical (unpaired) electrons. The van der Waals surface area contributed by atoms with Crippen LogP contribution in [0.4, 0.5) is 4.79 Å². The molecule has 4 bridgehead atoms. The van der Waals surface area contributed by atoms with Gasteiger partial charge in [0.2, 0.25) is 5.91 Å². The average molecular weight is 394 g/mol. The van der Waals surface area contributed by atoms with Crippen molar-refractivity contribution in [3.8, 4) is 0 Å². The zero-order valence-electron chi connectivity index (χ0n) is 16.3. The fraction of sp³-hybridized carbons (Fsp3) is 0.850. The molecule has 27 heavy (non-hydrogen) atoms. The first kappa shape index (κ1) is 19.1. The van der Waals surface area contributed by atoms with Crippen molar-refractivity contribution >= 4 is 29.6 Å². The van der Waals surface area contributed by atoms with Crippen LogP contribution in [0.1, 0.15) is 51.9 Å². The Kier molecular flexibility index (Phi) is 5.16. The van der Waals surface area contributed by atoms with E-state index in [4.69, 9.17) is 0 Å². The molecule has 7 heteroatoms. The molecule has 5 rings (SSSR count). The fourth-order valence-corrected chi connectivity index (χ4v) is 6.92. The molecule has 4 saturated carbocycles. The number of imide groups is 1. The zero-order valence-corrected chi connectivity index (χ0v) is 17.1. The van der Waals surface area contributed by atoms with E-state index in [1.807, 2.05) is 6.26 Å². The first-order valence-corrected chi connectivity index (χ1v) is 11.7. The van der Waals surface area contributed by atoms with Crippen molar-refractivity contribution < 1.29 is 14.4 Å². The highest BCUT2D eigenvalue weighted by molar-refractivity contribution is 7.98. The van der Waals surface area contributed by atoms with Gasteiger partial charge in [-0.1, -0.05) is 0 Å². The minimum atomic E-state index is -0.488. The smallest absolute Gasteiger partial charge is 0.325 e. The van der Waals surface area contributed by atoms with Crippen LogP contribution in [0.2, 0.25) is 0 Å². The summed E-state index contributed by atoms with van der Waals surface area (Å²) in [7, 11) is 0. The van der Waals surface area contributed by atoms with Gasteiger partial charge in [0.15, 0.2) is 0 Å². The normalized spacial score (nSPS) is 38.2. The Bertz CT molecular complexity index is 603. The van der Waals surface area contributed by atoms with E-state index in [0.717, 1.165) is 28.4 Å². The Balaban J connectivity index is 1.34. The van der Waals surface area contributed by atoms with Gasteiger partial charge in [-0.25, -0.2) is 4.79 Å². The van der Waals surface area contributed by atoms with Crippen molar-refractivity contribution in [3.63, 3.8) is 0 Å². The SMILES string of the molecule is CSCC[C@H]1NC(=O)N(CC(=O)N[C@H](C)C23CC4CC(CC(C4)C2)C3)C1=O. The molecule has 0 aromatic carbocycles. The second kappa shape index (κ2) is 7.30. The van der Waals surface area contributed by atoms with Crippen LogP contribution in [-0.2, 0) is 9.59 Å². The lowest BCUT2D eigenvalue weighted by Crippen LogP contribution is -2.57. The minimum Gasteiger partial charge on any atom is -0.352 e. The lowest BCUT2D eigenvalue weighted by atomic mass is 9.48. The summed E-state index contributed by atoms with van der Waals surface area (Å²) < 4.78 is 0. The van der Waals surface area contributed by atoms with Gasteiger partial charge in [-0.3, -0.25) is 14.5 Å². The molecule has 150 valence electrons. The molecule has 0 spiro atoms. The second-order valence-corrected chi connectivity index (χ2v) is 10.3. The van der Waals surface area contributed by atoms with Gasteiger partial charge < -0.3 is 10.6 Å². The number of nitrogens with zero attached hydrogens (tertiary/aromatic N) is 1. The maximum Gasteiger partial charge on any atom is 0.325 e. The molecular weight excluding hydrogens is 362 g/mol. The third-order valence-corrected chi connectivity index (χ3v) is 8.04. The lowest BCUT2D eigenvalue weighted by Gasteiger charge is -2.59. The van der Waals surface area contributed by atoms with Crippen molar-refractivity contribution in [2.45, 2.75) is 64.0 Å². The Morgan fingerprint density at radius 1 is 1.22 bits per heavy atom. The summed E-state index contributed by atoms with van der Waals surface area (Å²) in [5.41, 5.74) is 0.225. The summed E-state index contributed by atoms with van der Waals surface area (Å²) in [4.78, 5) is 38.2. The van der Waals surface area contributed by atoms with Crippen LogP contribution in [0.15, 0.2) is 0 Å². The molecule has 6 nitrogen and oxygen atoms in total. The monoisotopic (exact) mass is 393 g/mol. The summed E-state index contributed by atoms with van der Waals surface area (Å²) in [5.74, 6) is 2.81. The van der Waals surface area contributed by atoms with E-state index in [0.29, 0.717) is 6.42 Å². The van der Waals surface area contributed by atoms with E-state index in [-0.39, 0.29) is 29.8 Å². The Morgan fingerprint density at radius 2 is 1.81 bits per heavy atom. The molecule has 5 aliphatic rings. The summed E-state index contributed by atoms with van der Waals surface area (Å²) in [6.07, 6.45) is 10.4. The van der Waals surface area contributed by atoms with Gasteiger partial charge >= 0.3 is 6.03 Å². The largest absolute Gasteiger partial charge is 0.352 e. The molecular formula is C20H31N3O3S. The zero-order chi connectivity index (χ0) is 19.2. The third kappa shape index (κ3) is 3.59. The topological polar surface area (TPSA) is 78.5 Å².